The van der Waals surface area contributed by atoms with Crippen molar-refractivity contribution in [3.05, 3.63) is 77.7 Å². The van der Waals surface area contributed by atoms with E-state index in [1.807, 2.05) is 52.4 Å². The number of rotatable bonds is 9. The molecular weight excluding hydrogens is 454 g/mol. The molecular formula is C22H18F2N4O2S2. The number of ether oxygens (including phenoxy) is 1. The average molecular weight is 473 g/mol. The van der Waals surface area contributed by atoms with Gasteiger partial charge in [-0.3, -0.25) is 9.36 Å². The van der Waals surface area contributed by atoms with Gasteiger partial charge in [-0.2, -0.15) is 8.78 Å². The molecule has 0 aliphatic carbocycles. The zero-order chi connectivity index (χ0) is 22.3. The number of amides is 1. The molecule has 164 valence electrons. The van der Waals surface area contributed by atoms with E-state index in [0.29, 0.717) is 17.4 Å². The number of nitrogens with one attached hydrogen (secondary N) is 1. The van der Waals surface area contributed by atoms with Gasteiger partial charge in [0.05, 0.1) is 17.2 Å². The molecule has 1 N–H and O–H groups in total. The summed E-state index contributed by atoms with van der Waals surface area (Å²) in [5.41, 5.74) is 1.59. The Morgan fingerprint density at radius 3 is 2.53 bits per heavy atom. The number of anilines is 1. The molecule has 4 aromatic rings. The summed E-state index contributed by atoms with van der Waals surface area (Å²) >= 11 is 2.86. The predicted octanol–water partition coefficient (Wildman–Crippen LogP) is 5.39. The number of nitrogens with zero attached hydrogens (tertiary/aromatic N) is 3. The van der Waals surface area contributed by atoms with E-state index in [4.69, 9.17) is 0 Å². The molecule has 6 nitrogen and oxygen atoms in total. The molecule has 2 heterocycles. The minimum Gasteiger partial charge on any atom is -0.435 e. The minimum absolute atomic E-state index is 0.0301. The van der Waals surface area contributed by atoms with E-state index in [2.05, 4.69) is 20.3 Å². The van der Waals surface area contributed by atoms with Crippen LogP contribution in [-0.4, -0.2) is 33.0 Å². The van der Waals surface area contributed by atoms with Gasteiger partial charge in [0, 0.05) is 5.69 Å². The zero-order valence-corrected chi connectivity index (χ0v) is 18.3. The third-order valence-electron chi connectivity index (χ3n) is 4.34. The van der Waals surface area contributed by atoms with E-state index < -0.39 is 6.61 Å². The first-order valence-electron chi connectivity index (χ1n) is 9.57. The number of halogens is 2. The van der Waals surface area contributed by atoms with E-state index >= 15 is 0 Å². The molecule has 0 aliphatic rings. The molecule has 0 bridgehead atoms. The Bertz CT molecular complexity index is 1150. The number of hydrogen-bond acceptors (Lipinski definition) is 6. The molecule has 0 saturated carbocycles. The molecule has 0 radical (unpaired) electrons. The quantitative estimate of drug-likeness (QED) is 0.331. The summed E-state index contributed by atoms with van der Waals surface area (Å²) in [7, 11) is 0. The molecule has 0 spiro atoms. The maximum absolute atomic E-state index is 12.4. The number of carbonyl (C=O) groups is 1. The Balaban J connectivity index is 1.44. The van der Waals surface area contributed by atoms with E-state index in [9.17, 15) is 13.6 Å². The Hall–Kier alpha value is -3.24. The fourth-order valence-corrected chi connectivity index (χ4v) is 4.39. The van der Waals surface area contributed by atoms with Gasteiger partial charge in [-0.1, -0.05) is 48.2 Å². The monoisotopic (exact) mass is 472 g/mol. The van der Waals surface area contributed by atoms with Crippen molar-refractivity contribution >= 4 is 34.7 Å². The maximum Gasteiger partial charge on any atom is 0.387 e. The largest absolute Gasteiger partial charge is 0.435 e. The van der Waals surface area contributed by atoms with Gasteiger partial charge in [0.15, 0.2) is 11.0 Å². The van der Waals surface area contributed by atoms with Gasteiger partial charge in [-0.15, -0.1) is 21.5 Å². The fraction of sp³-hybridized carbons (Fsp3) is 0.136. The van der Waals surface area contributed by atoms with Crippen molar-refractivity contribution in [2.75, 3.05) is 11.1 Å². The van der Waals surface area contributed by atoms with E-state index in [-0.39, 0.29) is 17.4 Å². The number of hydrogen-bond donors (Lipinski definition) is 1. The Labute approximate surface area is 191 Å². The normalized spacial score (nSPS) is 11.0. The Morgan fingerprint density at radius 1 is 1.06 bits per heavy atom. The molecule has 4 rings (SSSR count). The number of carbonyl (C=O) groups excluding carboxylic acids is 1. The predicted molar refractivity (Wildman–Crippen MR) is 121 cm³/mol. The van der Waals surface area contributed by atoms with Crippen LogP contribution in [0.4, 0.5) is 14.5 Å². The second kappa shape index (κ2) is 10.4. The molecule has 0 unspecified atom stereocenters. The molecule has 2 aromatic carbocycles. The van der Waals surface area contributed by atoms with Crippen molar-refractivity contribution in [2.45, 2.75) is 18.3 Å². The number of benzene rings is 2. The summed E-state index contributed by atoms with van der Waals surface area (Å²) in [6.45, 7) is -2.31. The number of thiophene rings is 1. The molecule has 1 amide bonds. The highest BCUT2D eigenvalue weighted by molar-refractivity contribution is 7.99. The van der Waals surface area contributed by atoms with Crippen molar-refractivity contribution in [3.63, 3.8) is 0 Å². The smallest absolute Gasteiger partial charge is 0.387 e. The van der Waals surface area contributed by atoms with Crippen molar-refractivity contribution in [2.24, 2.45) is 0 Å². The van der Waals surface area contributed by atoms with Gasteiger partial charge in [-0.05, 0) is 41.3 Å². The van der Waals surface area contributed by atoms with Crippen molar-refractivity contribution < 1.29 is 18.3 Å². The van der Waals surface area contributed by atoms with E-state index in [1.165, 1.54) is 36.0 Å². The standard InChI is InChI=1S/C22H18F2N4O2S2/c23-21(24)30-17-10-8-16(9-11-17)25-19(29)14-32-22-27-26-20(18-7-4-12-31-18)28(22)13-15-5-2-1-3-6-15/h1-12,21H,13-14H2,(H,25,29). The summed E-state index contributed by atoms with van der Waals surface area (Å²) < 4.78 is 30.8. The van der Waals surface area contributed by atoms with Gasteiger partial charge >= 0.3 is 6.61 Å². The summed E-state index contributed by atoms with van der Waals surface area (Å²) in [6.07, 6.45) is 0. The van der Waals surface area contributed by atoms with Gasteiger partial charge in [0.25, 0.3) is 0 Å². The first kappa shape index (κ1) is 22.0. The van der Waals surface area contributed by atoms with Crippen molar-refractivity contribution in [1.82, 2.24) is 14.8 Å². The lowest BCUT2D eigenvalue weighted by atomic mass is 10.2. The lowest BCUT2D eigenvalue weighted by Crippen LogP contribution is -2.15. The average Bonchev–Trinajstić information content (AvgIpc) is 3.44. The minimum atomic E-state index is -2.89. The number of alkyl halides is 2. The van der Waals surface area contributed by atoms with Crippen molar-refractivity contribution in [3.8, 4) is 16.5 Å². The van der Waals surface area contributed by atoms with Crippen LogP contribution in [0.3, 0.4) is 0 Å². The SMILES string of the molecule is O=C(CSc1nnc(-c2cccs2)n1Cc1ccccc1)Nc1ccc(OC(F)F)cc1. The third-order valence-corrected chi connectivity index (χ3v) is 6.17. The second-order valence-electron chi connectivity index (χ2n) is 6.59. The molecule has 0 saturated heterocycles. The fourth-order valence-electron chi connectivity index (χ4n) is 2.94. The van der Waals surface area contributed by atoms with Gasteiger partial charge in [-0.25, -0.2) is 0 Å². The summed E-state index contributed by atoms with van der Waals surface area (Å²) in [5, 5.41) is 14.0. The number of aromatic nitrogens is 3. The van der Waals surface area contributed by atoms with Crippen LogP contribution in [0.1, 0.15) is 5.56 Å². The van der Waals surface area contributed by atoms with Gasteiger partial charge in [0.1, 0.15) is 5.75 Å². The molecule has 0 aliphatic heterocycles. The van der Waals surface area contributed by atoms with Crippen LogP contribution in [0.25, 0.3) is 10.7 Å². The van der Waals surface area contributed by atoms with E-state index in [1.54, 1.807) is 11.3 Å². The van der Waals surface area contributed by atoms with Crippen LogP contribution in [-0.2, 0) is 11.3 Å². The molecule has 32 heavy (non-hydrogen) atoms. The Morgan fingerprint density at radius 2 is 1.84 bits per heavy atom. The highest BCUT2D eigenvalue weighted by Gasteiger charge is 2.17. The van der Waals surface area contributed by atoms with Crippen LogP contribution in [0, 0.1) is 0 Å². The lowest BCUT2D eigenvalue weighted by Gasteiger charge is -2.10. The number of thioether (sulfide) groups is 1. The zero-order valence-electron chi connectivity index (χ0n) is 16.7. The van der Waals surface area contributed by atoms with Crippen LogP contribution >= 0.6 is 23.1 Å². The molecule has 2 aromatic heterocycles. The summed E-state index contributed by atoms with van der Waals surface area (Å²) in [6, 6.07) is 19.7. The summed E-state index contributed by atoms with van der Waals surface area (Å²) in [4.78, 5) is 13.4. The van der Waals surface area contributed by atoms with Crippen LogP contribution < -0.4 is 10.1 Å². The highest BCUT2D eigenvalue weighted by atomic mass is 32.2. The van der Waals surface area contributed by atoms with Gasteiger partial charge < -0.3 is 10.1 Å². The Kier molecular flexibility index (Phi) is 7.13. The first-order valence-corrected chi connectivity index (χ1v) is 11.4. The topological polar surface area (TPSA) is 69.0 Å². The van der Waals surface area contributed by atoms with Crippen LogP contribution in [0.5, 0.6) is 5.75 Å². The van der Waals surface area contributed by atoms with E-state index in [0.717, 1.165) is 16.3 Å². The third kappa shape index (κ3) is 5.71. The molecule has 0 atom stereocenters. The molecule has 10 heteroatoms. The van der Waals surface area contributed by atoms with Crippen molar-refractivity contribution in [1.29, 1.82) is 0 Å². The van der Waals surface area contributed by atoms with Crippen LogP contribution in [0.2, 0.25) is 0 Å². The second-order valence-corrected chi connectivity index (χ2v) is 8.49. The first-order chi connectivity index (χ1) is 15.6. The van der Waals surface area contributed by atoms with Crippen LogP contribution in [0.15, 0.2) is 77.3 Å². The summed E-state index contributed by atoms with van der Waals surface area (Å²) in [5.74, 6) is 0.653. The molecule has 0 fully saturated rings. The highest BCUT2D eigenvalue weighted by Crippen LogP contribution is 2.28. The maximum atomic E-state index is 12.4. The lowest BCUT2D eigenvalue weighted by molar-refractivity contribution is -0.113. The van der Waals surface area contributed by atoms with Gasteiger partial charge in [0.2, 0.25) is 5.91 Å².